The molecule has 2 N–H and O–H groups in total. The van der Waals surface area contributed by atoms with Crippen molar-refractivity contribution in [2.75, 3.05) is 51.2 Å². The molecule has 1 fully saturated rings. The summed E-state index contributed by atoms with van der Waals surface area (Å²) in [6, 6.07) is 10.2. The number of hydrogen-bond acceptors (Lipinski definition) is 6. The maximum Gasteiger partial charge on any atom is 0.229 e. The first-order valence-electron chi connectivity index (χ1n) is 11.4. The van der Waals surface area contributed by atoms with Crippen LogP contribution in [0.25, 0.3) is 5.57 Å². The van der Waals surface area contributed by atoms with E-state index in [1.807, 2.05) is 60.8 Å². The highest BCUT2D eigenvalue weighted by atomic mass is 32.1. The molecule has 2 heterocycles. The number of benzene rings is 1. The zero-order valence-corrected chi connectivity index (χ0v) is 20.0. The highest BCUT2D eigenvalue weighted by Gasteiger charge is 2.20. The van der Waals surface area contributed by atoms with Gasteiger partial charge in [0, 0.05) is 51.6 Å². The van der Waals surface area contributed by atoms with Gasteiger partial charge in [-0.05, 0) is 49.7 Å². The lowest BCUT2D eigenvalue weighted by Gasteiger charge is -2.28. The van der Waals surface area contributed by atoms with Crippen molar-refractivity contribution in [2.45, 2.75) is 26.2 Å². The molecule has 0 bridgehead atoms. The number of anilines is 1. The van der Waals surface area contributed by atoms with E-state index in [0.717, 1.165) is 62.0 Å². The van der Waals surface area contributed by atoms with Gasteiger partial charge in [-0.2, -0.15) is 0 Å². The van der Waals surface area contributed by atoms with Gasteiger partial charge in [0.1, 0.15) is 0 Å². The van der Waals surface area contributed by atoms with Gasteiger partial charge < -0.3 is 15.5 Å². The normalized spacial score (nSPS) is 15.2. The highest BCUT2D eigenvalue weighted by molar-refractivity contribution is 7.14. The fourth-order valence-corrected chi connectivity index (χ4v) is 4.65. The van der Waals surface area contributed by atoms with Crippen molar-refractivity contribution >= 4 is 27.9 Å². The van der Waals surface area contributed by atoms with Crippen molar-refractivity contribution in [3.05, 3.63) is 65.3 Å². The Morgan fingerprint density at radius 1 is 1.28 bits per heavy atom. The summed E-state index contributed by atoms with van der Waals surface area (Å²) in [6.07, 6.45) is 8.12. The molecule has 1 saturated heterocycles. The molecule has 1 aliphatic heterocycles. The Hall–Kier alpha value is -2.48. The van der Waals surface area contributed by atoms with Crippen LogP contribution in [0.2, 0.25) is 0 Å². The number of rotatable bonds is 11. The minimum atomic E-state index is 0.142. The molecule has 1 aromatic carbocycles. The van der Waals surface area contributed by atoms with Crippen LogP contribution in [0.1, 0.15) is 31.0 Å². The predicted molar refractivity (Wildman–Crippen MR) is 135 cm³/mol. The molecule has 0 spiro atoms. The standard InChI is InChI=1S/C25H35N5OS/c1-3-22(12-13-26-2)23-20-32-25(28-23)30(17-7-16-29-18-14-27-15-19-29)24(31)11-10-21-8-5-4-6-9-21/h3-6,8-9,12-13,20,26-27H,7,10-11,14-19H2,1-2H3/b13-12-,22-3+. The fraction of sp³-hybridized carbons (Fsp3) is 0.440. The average Bonchev–Trinajstić information content (AvgIpc) is 3.32. The Labute approximate surface area is 196 Å². The number of amides is 1. The zero-order chi connectivity index (χ0) is 22.6. The lowest BCUT2D eigenvalue weighted by Crippen LogP contribution is -2.44. The summed E-state index contributed by atoms with van der Waals surface area (Å²) in [5.74, 6) is 0.142. The second-order valence-electron chi connectivity index (χ2n) is 7.86. The molecule has 0 atom stereocenters. The number of thiazole rings is 1. The van der Waals surface area contributed by atoms with Crippen molar-refractivity contribution in [1.82, 2.24) is 20.5 Å². The van der Waals surface area contributed by atoms with Crippen LogP contribution in [0.15, 0.2) is 54.1 Å². The van der Waals surface area contributed by atoms with Gasteiger partial charge >= 0.3 is 0 Å². The summed E-state index contributed by atoms with van der Waals surface area (Å²) in [5, 5.41) is 9.24. The molecule has 1 aliphatic rings. The van der Waals surface area contributed by atoms with Gasteiger partial charge in [0.15, 0.2) is 5.13 Å². The van der Waals surface area contributed by atoms with E-state index >= 15 is 0 Å². The quantitative estimate of drug-likeness (QED) is 0.510. The van der Waals surface area contributed by atoms with E-state index in [1.165, 1.54) is 5.56 Å². The van der Waals surface area contributed by atoms with Crippen LogP contribution in [-0.2, 0) is 11.2 Å². The Kier molecular flexibility index (Phi) is 9.94. The Balaban J connectivity index is 1.69. The van der Waals surface area contributed by atoms with Gasteiger partial charge in [0.2, 0.25) is 5.91 Å². The van der Waals surface area contributed by atoms with Crippen molar-refractivity contribution in [2.24, 2.45) is 0 Å². The molecular weight excluding hydrogens is 418 g/mol. The number of carbonyl (C=O) groups is 1. The summed E-state index contributed by atoms with van der Waals surface area (Å²) >= 11 is 1.55. The number of hydrogen-bond donors (Lipinski definition) is 2. The van der Waals surface area contributed by atoms with E-state index in [4.69, 9.17) is 4.98 Å². The monoisotopic (exact) mass is 453 g/mol. The van der Waals surface area contributed by atoms with Gasteiger partial charge in [0.05, 0.1) is 5.69 Å². The van der Waals surface area contributed by atoms with Crippen molar-refractivity contribution in [3.63, 3.8) is 0 Å². The minimum Gasteiger partial charge on any atom is -0.394 e. The second-order valence-corrected chi connectivity index (χ2v) is 8.69. The van der Waals surface area contributed by atoms with Crippen molar-refractivity contribution < 1.29 is 4.79 Å². The van der Waals surface area contributed by atoms with Gasteiger partial charge in [-0.15, -0.1) is 11.3 Å². The van der Waals surface area contributed by atoms with Crippen LogP contribution in [0.5, 0.6) is 0 Å². The third-order valence-electron chi connectivity index (χ3n) is 5.60. The smallest absolute Gasteiger partial charge is 0.229 e. The molecular formula is C25H35N5OS. The van der Waals surface area contributed by atoms with Crippen LogP contribution >= 0.6 is 11.3 Å². The van der Waals surface area contributed by atoms with Crippen LogP contribution in [-0.4, -0.2) is 62.1 Å². The van der Waals surface area contributed by atoms with Gasteiger partial charge in [-0.1, -0.05) is 36.4 Å². The number of aromatic nitrogens is 1. The Morgan fingerprint density at radius 3 is 2.78 bits per heavy atom. The lowest BCUT2D eigenvalue weighted by atomic mass is 10.1. The third kappa shape index (κ3) is 7.29. The molecule has 0 radical (unpaired) electrons. The lowest BCUT2D eigenvalue weighted by molar-refractivity contribution is -0.118. The molecule has 3 rings (SSSR count). The first kappa shape index (κ1) is 24.2. The second kappa shape index (κ2) is 13.2. The largest absolute Gasteiger partial charge is 0.394 e. The summed E-state index contributed by atoms with van der Waals surface area (Å²) in [7, 11) is 1.88. The molecule has 6 nitrogen and oxygen atoms in total. The van der Waals surface area contributed by atoms with Crippen LogP contribution in [0.4, 0.5) is 5.13 Å². The SMILES string of the molecule is C/C=C(\C=C/NC)c1csc(N(CCCN2CCNCC2)C(=O)CCc2ccccc2)n1. The number of nitrogens with one attached hydrogen (secondary N) is 2. The number of carbonyl (C=O) groups excluding carboxylic acids is 1. The van der Waals surface area contributed by atoms with E-state index in [9.17, 15) is 4.79 Å². The molecule has 172 valence electrons. The van der Waals surface area contributed by atoms with Gasteiger partial charge in [-0.25, -0.2) is 4.98 Å². The third-order valence-corrected chi connectivity index (χ3v) is 6.46. The Bertz CT molecular complexity index is 887. The first-order valence-corrected chi connectivity index (χ1v) is 12.3. The first-order chi connectivity index (χ1) is 15.7. The van der Waals surface area contributed by atoms with Gasteiger partial charge in [-0.3, -0.25) is 9.69 Å². The molecule has 0 saturated carbocycles. The fourth-order valence-electron chi connectivity index (χ4n) is 3.77. The van der Waals surface area contributed by atoms with Crippen LogP contribution in [0.3, 0.4) is 0 Å². The van der Waals surface area contributed by atoms with Crippen molar-refractivity contribution in [3.8, 4) is 0 Å². The molecule has 0 aliphatic carbocycles. The number of allylic oxidation sites excluding steroid dienone is 3. The molecule has 7 heteroatoms. The summed E-state index contributed by atoms with van der Waals surface area (Å²) in [4.78, 5) is 22.4. The van der Waals surface area contributed by atoms with E-state index in [0.29, 0.717) is 13.0 Å². The van der Waals surface area contributed by atoms with E-state index in [-0.39, 0.29) is 5.91 Å². The summed E-state index contributed by atoms with van der Waals surface area (Å²) < 4.78 is 0. The molecule has 32 heavy (non-hydrogen) atoms. The van der Waals surface area contributed by atoms with Crippen LogP contribution < -0.4 is 15.5 Å². The van der Waals surface area contributed by atoms with E-state index in [1.54, 1.807) is 11.3 Å². The van der Waals surface area contributed by atoms with Gasteiger partial charge in [0.25, 0.3) is 0 Å². The minimum absolute atomic E-state index is 0.142. The summed E-state index contributed by atoms with van der Waals surface area (Å²) in [6.45, 7) is 7.95. The summed E-state index contributed by atoms with van der Waals surface area (Å²) in [5.41, 5.74) is 3.14. The molecule has 1 aromatic heterocycles. The topological polar surface area (TPSA) is 60.5 Å². The number of nitrogens with zero attached hydrogens (tertiary/aromatic N) is 3. The molecule has 2 aromatic rings. The molecule has 1 amide bonds. The van der Waals surface area contributed by atoms with Crippen molar-refractivity contribution in [1.29, 1.82) is 0 Å². The van der Waals surface area contributed by atoms with Crippen LogP contribution in [0, 0.1) is 0 Å². The Morgan fingerprint density at radius 2 is 2.06 bits per heavy atom. The zero-order valence-electron chi connectivity index (χ0n) is 19.2. The highest BCUT2D eigenvalue weighted by Crippen LogP contribution is 2.26. The van der Waals surface area contributed by atoms with E-state index in [2.05, 4.69) is 27.7 Å². The number of aryl methyl sites for hydroxylation is 1. The maximum atomic E-state index is 13.3. The van der Waals surface area contributed by atoms with E-state index < -0.39 is 0 Å². The maximum absolute atomic E-state index is 13.3. The molecule has 0 unspecified atom stereocenters. The number of piperazine rings is 1. The predicted octanol–water partition coefficient (Wildman–Crippen LogP) is 3.54. The average molecular weight is 454 g/mol.